The summed E-state index contributed by atoms with van der Waals surface area (Å²) in [5.74, 6) is 1.34. The Morgan fingerprint density at radius 2 is 1.40 bits per heavy atom. The molecule has 5 nitrogen and oxygen atoms in total. The van der Waals surface area contributed by atoms with Gasteiger partial charge in [-0.1, -0.05) is 0 Å². The molecule has 0 radical (unpaired) electrons. The number of amides is 2. The van der Waals surface area contributed by atoms with Crippen LogP contribution in [0.5, 0.6) is 0 Å². The normalized spacial score (nSPS) is 21.4. The van der Waals surface area contributed by atoms with E-state index >= 15 is 0 Å². The Labute approximate surface area is 152 Å². The van der Waals surface area contributed by atoms with Crippen LogP contribution in [0.15, 0.2) is 12.2 Å². The van der Waals surface area contributed by atoms with Gasteiger partial charge in [0, 0.05) is 37.3 Å². The summed E-state index contributed by atoms with van der Waals surface area (Å²) >= 11 is 0. The number of hydrogen-bond acceptors (Lipinski definition) is 3. The van der Waals surface area contributed by atoms with Crippen molar-refractivity contribution in [1.29, 1.82) is 0 Å². The molecule has 2 saturated heterocycles. The van der Waals surface area contributed by atoms with Gasteiger partial charge in [-0.2, -0.15) is 0 Å². The highest BCUT2D eigenvalue weighted by Crippen LogP contribution is 2.32. The van der Waals surface area contributed by atoms with Crippen LogP contribution in [-0.4, -0.2) is 59.9 Å². The van der Waals surface area contributed by atoms with E-state index in [1.165, 1.54) is 38.1 Å². The van der Waals surface area contributed by atoms with E-state index in [0.717, 1.165) is 37.8 Å². The van der Waals surface area contributed by atoms with Crippen molar-refractivity contribution in [2.45, 2.75) is 65.5 Å². The third-order valence-corrected chi connectivity index (χ3v) is 5.63. The van der Waals surface area contributed by atoms with Crippen LogP contribution in [0, 0.1) is 11.8 Å². The van der Waals surface area contributed by atoms with Gasteiger partial charge in [0.1, 0.15) is 0 Å². The lowest BCUT2D eigenvalue weighted by Crippen LogP contribution is -2.43. The Balaban J connectivity index is 1.73. The molecule has 2 rings (SSSR count). The van der Waals surface area contributed by atoms with Crippen LogP contribution >= 0.6 is 0 Å². The van der Waals surface area contributed by atoms with E-state index in [0.29, 0.717) is 6.04 Å². The molecule has 0 aromatic heterocycles. The molecule has 0 bridgehead atoms. The highest BCUT2D eigenvalue weighted by Gasteiger charge is 2.30. The predicted octanol–water partition coefficient (Wildman–Crippen LogP) is 2.43. The largest absolute Gasteiger partial charge is 0.350 e. The van der Waals surface area contributed by atoms with Crippen molar-refractivity contribution >= 4 is 11.8 Å². The van der Waals surface area contributed by atoms with E-state index in [2.05, 4.69) is 24.1 Å². The Kier molecular flexibility index (Phi) is 7.48. The maximum Gasteiger partial charge on any atom is 0.246 e. The van der Waals surface area contributed by atoms with Crippen molar-refractivity contribution in [2.75, 3.05) is 26.2 Å². The second kappa shape index (κ2) is 9.37. The molecule has 0 saturated carbocycles. The summed E-state index contributed by atoms with van der Waals surface area (Å²) in [7, 11) is 0. The van der Waals surface area contributed by atoms with Crippen LogP contribution in [0.25, 0.3) is 0 Å². The lowest BCUT2D eigenvalue weighted by atomic mass is 9.78. The molecular formula is C20H35N3O2. The first kappa shape index (κ1) is 20.0. The summed E-state index contributed by atoms with van der Waals surface area (Å²) in [6.45, 7) is 12.4. The zero-order valence-electron chi connectivity index (χ0n) is 16.3. The van der Waals surface area contributed by atoms with Gasteiger partial charge in [-0.15, -0.1) is 0 Å². The average molecular weight is 350 g/mol. The van der Waals surface area contributed by atoms with Gasteiger partial charge < -0.3 is 15.1 Å². The Morgan fingerprint density at radius 3 is 1.88 bits per heavy atom. The first-order valence-corrected chi connectivity index (χ1v) is 9.88. The molecule has 0 aromatic carbocycles. The summed E-state index contributed by atoms with van der Waals surface area (Å²) in [6.07, 6.45) is 7.57. The second-order valence-electron chi connectivity index (χ2n) is 8.13. The third-order valence-electron chi connectivity index (χ3n) is 5.63. The molecule has 0 atom stereocenters. The smallest absolute Gasteiger partial charge is 0.246 e. The minimum absolute atomic E-state index is 0.0352. The fourth-order valence-electron chi connectivity index (χ4n) is 4.08. The van der Waals surface area contributed by atoms with E-state index in [-0.39, 0.29) is 17.9 Å². The van der Waals surface area contributed by atoms with Crippen molar-refractivity contribution in [3.05, 3.63) is 12.2 Å². The third kappa shape index (κ3) is 6.14. The van der Waals surface area contributed by atoms with Crippen molar-refractivity contribution in [3.8, 4) is 0 Å². The molecule has 2 aliphatic rings. The second-order valence-corrected chi connectivity index (χ2v) is 8.13. The van der Waals surface area contributed by atoms with Crippen molar-refractivity contribution < 1.29 is 9.59 Å². The monoisotopic (exact) mass is 349 g/mol. The first-order chi connectivity index (χ1) is 11.9. The highest BCUT2D eigenvalue weighted by molar-refractivity contribution is 5.96. The molecule has 0 aliphatic carbocycles. The number of hydrogen-bond donors (Lipinski definition) is 1. The minimum Gasteiger partial charge on any atom is -0.350 e. The maximum atomic E-state index is 12.2. The van der Waals surface area contributed by atoms with E-state index in [1.54, 1.807) is 0 Å². The molecule has 0 spiro atoms. The number of rotatable bonds is 5. The lowest BCUT2D eigenvalue weighted by molar-refractivity contribution is -0.128. The maximum absolute atomic E-state index is 12.2. The standard InChI is InChI=1S/C20H35N3O2/c1-15(2)21-19(24)5-6-20(25)23-13-9-18(10-14-23)17-7-11-22(12-8-17)16(3)4/h5-6,15-18H,7-14H2,1-4H3,(H,21,24)/b6-5+. The van der Waals surface area contributed by atoms with Crippen molar-refractivity contribution in [2.24, 2.45) is 11.8 Å². The first-order valence-electron chi connectivity index (χ1n) is 9.88. The fraction of sp³-hybridized carbons (Fsp3) is 0.800. The van der Waals surface area contributed by atoms with E-state index in [1.807, 2.05) is 18.7 Å². The van der Waals surface area contributed by atoms with Gasteiger partial charge in [0.05, 0.1) is 0 Å². The number of carbonyl (C=O) groups is 2. The van der Waals surface area contributed by atoms with E-state index < -0.39 is 0 Å². The minimum atomic E-state index is -0.199. The van der Waals surface area contributed by atoms with E-state index in [9.17, 15) is 9.59 Å². The van der Waals surface area contributed by atoms with Crippen LogP contribution in [0.2, 0.25) is 0 Å². The summed E-state index contributed by atoms with van der Waals surface area (Å²) in [4.78, 5) is 28.3. The van der Waals surface area contributed by atoms with Crippen LogP contribution in [0.4, 0.5) is 0 Å². The van der Waals surface area contributed by atoms with Gasteiger partial charge in [-0.3, -0.25) is 9.59 Å². The number of likely N-dealkylation sites (tertiary alicyclic amines) is 2. The van der Waals surface area contributed by atoms with Gasteiger partial charge in [0.25, 0.3) is 0 Å². The molecule has 0 aromatic rings. The molecule has 25 heavy (non-hydrogen) atoms. The zero-order valence-corrected chi connectivity index (χ0v) is 16.3. The fourth-order valence-corrected chi connectivity index (χ4v) is 4.08. The van der Waals surface area contributed by atoms with Crippen LogP contribution in [0.1, 0.15) is 53.4 Å². The number of carbonyl (C=O) groups excluding carboxylic acids is 2. The molecule has 0 unspecified atom stereocenters. The SMILES string of the molecule is CC(C)NC(=O)/C=C/C(=O)N1CCC(C2CCN(C(C)C)CC2)CC1. The predicted molar refractivity (Wildman–Crippen MR) is 101 cm³/mol. The quantitative estimate of drug-likeness (QED) is 0.776. The average Bonchev–Trinajstić information content (AvgIpc) is 2.59. The van der Waals surface area contributed by atoms with E-state index in [4.69, 9.17) is 0 Å². The number of nitrogens with zero attached hydrogens (tertiary/aromatic N) is 2. The Bertz CT molecular complexity index is 471. The molecule has 2 heterocycles. The lowest BCUT2D eigenvalue weighted by Gasteiger charge is -2.41. The Hall–Kier alpha value is -1.36. The van der Waals surface area contributed by atoms with Gasteiger partial charge in [-0.05, 0) is 78.3 Å². The zero-order chi connectivity index (χ0) is 18.4. The topological polar surface area (TPSA) is 52.7 Å². The number of piperidine rings is 2. The Morgan fingerprint density at radius 1 is 0.880 bits per heavy atom. The molecular weight excluding hydrogens is 314 g/mol. The van der Waals surface area contributed by atoms with Crippen LogP contribution < -0.4 is 5.32 Å². The summed E-state index contributed by atoms with van der Waals surface area (Å²) in [5.41, 5.74) is 0. The summed E-state index contributed by atoms with van der Waals surface area (Å²) in [6, 6.07) is 0.741. The van der Waals surface area contributed by atoms with Gasteiger partial charge >= 0.3 is 0 Å². The molecule has 1 N–H and O–H groups in total. The number of nitrogens with one attached hydrogen (secondary N) is 1. The highest BCUT2D eigenvalue weighted by atomic mass is 16.2. The van der Waals surface area contributed by atoms with Crippen molar-refractivity contribution in [3.63, 3.8) is 0 Å². The van der Waals surface area contributed by atoms with Crippen molar-refractivity contribution in [1.82, 2.24) is 15.1 Å². The van der Waals surface area contributed by atoms with Gasteiger partial charge in [-0.25, -0.2) is 0 Å². The van der Waals surface area contributed by atoms with Crippen LogP contribution in [-0.2, 0) is 9.59 Å². The summed E-state index contributed by atoms with van der Waals surface area (Å²) < 4.78 is 0. The van der Waals surface area contributed by atoms with Crippen LogP contribution in [0.3, 0.4) is 0 Å². The molecule has 5 heteroatoms. The van der Waals surface area contributed by atoms with Gasteiger partial charge in [0.15, 0.2) is 0 Å². The molecule has 2 aliphatic heterocycles. The molecule has 2 fully saturated rings. The molecule has 2 amide bonds. The van der Waals surface area contributed by atoms with Gasteiger partial charge in [0.2, 0.25) is 11.8 Å². The molecule has 142 valence electrons. The summed E-state index contributed by atoms with van der Waals surface area (Å²) in [5, 5.41) is 2.76.